The lowest BCUT2D eigenvalue weighted by molar-refractivity contribution is 0.0697. The van der Waals surface area contributed by atoms with E-state index in [0.717, 1.165) is 45.6 Å². The molecule has 1 aliphatic heterocycles. The molecule has 4 nitrogen and oxygen atoms in total. The monoisotopic (exact) mass is 262 g/mol. The molecule has 0 unspecified atom stereocenters. The fourth-order valence-electron chi connectivity index (χ4n) is 2.39. The molecule has 0 atom stereocenters. The van der Waals surface area contributed by atoms with Crippen molar-refractivity contribution in [3.63, 3.8) is 0 Å². The highest BCUT2D eigenvalue weighted by atomic mass is 16.4. The minimum Gasteiger partial charge on any atom is -0.478 e. The predicted molar refractivity (Wildman–Crippen MR) is 75.7 cm³/mol. The second-order valence-electron chi connectivity index (χ2n) is 5.25. The summed E-state index contributed by atoms with van der Waals surface area (Å²) in [6, 6.07) is 7.22. The van der Waals surface area contributed by atoms with Gasteiger partial charge in [0, 0.05) is 26.2 Å². The van der Waals surface area contributed by atoms with E-state index in [0.29, 0.717) is 5.56 Å². The number of nitrogens with zero attached hydrogens (tertiary/aromatic N) is 2. The summed E-state index contributed by atoms with van der Waals surface area (Å²) in [4.78, 5) is 15.6. The Labute approximate surface area is 114 Å². The third-order valence-corrected chi connectivity index (χ3v) is 3.74. The van der Waals surface area contributed by atoms with Crippen LogP contribution in [0.4, 0.5) is 0 Å². The van der Waals surface area contributed by atoms with E-state index in [1.165, 1.54) is 5.56 Å². The Balaban J connectivity index is 1.72. The van der Waals surface area contributed by atoms with Crippen LogP contribution in [0.25, 0.3) is 0 Å². The molecule has 1 heterocycles. The highest BCUT2D eigenvalue weighted by Gasteiger charge is 2.12. The highest BCUT2D eigenvalue weighted by molar-refractivity contribution is 5.87. The number of piperazine rings is 1. The molecule has 1 saturated heterocycles. The average molecular weight is 262 g/mol. The quantitative estimate of drug-likeness (QED) is 0.874. The lowest BCUT2D eigenvalue weighted by Gasteiger charge is -2.32. The van der Waals surface area contributed by atoms with Crippen LogP contribution in [0.15, 0.2) is 24.3 Å². The van der Waals surface area contributed by atoms with E-state index in [9.17, 15) is 4.79 Å². The van der Waals surface area contributed by atoms with Crippen molar-refractivity contribution >= 4 is 5.97 Å². The molecule has 0 bridgehead atoms. The van der Waals surface area contributed by atoms with Crippen molar-refractivity contribution in [2.75, 3.05) is 39.8 Å². The molecule has 0 saturated carbocycles. The number of likely N-dealkylation sites (N-methyl/N-ethyl adjacent to an activating group) is 1. The van der Waals surface area contributed by atoms with E-state index in [-0.39, 0.29) is 0 Å². The summed E-state index contributed by atoms with van der Waals surface area (Å²) in [7, 11) is 2.17. The van der Waals surface area contributed by atoms with Gasteiger partial charge in [-0.15, -0.1) is 0 Å². The number of carbonyl (C=O) groups is 1. The van der Waals surface area contributed by atoms with Crippen molar-refractivity contribution in [1.82, 2.24) is 9.80 Å². The normalized spacial score (nSPS) is 17.5. The molecule has 0 amide bonds. The van der Waals surface area contributed by atoms with Gasteiger partial charge in [-0.05, 0) is 44.1 Å². The van der Waals surface area contributed by atoms with Crippen LogP contribution in [0.2, 0.25) is 0 Å². The summed E-state index contributed by atoms with van der Waals surface area (Å²) in [5.41, 5.74) is 1.59. The Hall–Kier alpha value is -1.39. The first-order chi connectivity index (χ1) is 9.15. The minimum absolute atomic E-state index is 0.364. The van der Waals surface area contributed by atoms with Crippen LogP contribution in [-0.4, -0.2) is 60.6 Å². The second-order valence-corrected chi connectivity index (χ2v) is 5.25. The molecule has 1 aliphatic rings. The van der Waals surface area contributed by atoms with Gasteiger partial charge in [0.25, 0.3) is 0 Å². The smallest absolute Gasteiger partial charge is 0.335 e. The molecular formula is C15H22N2O2. The SMILES string of the molecule is CN1CCN(CCCc2ccc(C(=O)O)cc2)CC1. The topological polar surface area (TPSA) is 43.8 Å². The van der Waals surface area contributed by atoms with E-state index < -0.39 is 5.97 Å². The minimum atomic E-state index is -0.857. The van der Waals surface area contributed by atoms with Gasteiger partial charge in [-0.2, -0.15) is 0 Å². The Kier molecular flexibility index (Phi) is 4.93. The number of hydrogen-bond acceptors (Lipinski definition) is 3. The Morgan fingerprint density at radius 1 is 1.16 bits per heavy atom. The third kappa shape index (κ3) is 4.33. The molecule has 4 heteroatoms. The van der Waals surface area contributed by atoms with Crippen molar-refractivity contribution in [2.24, 2.45) is 0 Å². The van der Waals surface area contributed by atoms with E-state index in [4.69, 9.17) is 5.11 Å². The van der Waals surface area contributed by atoms with Crippen molar-refractivity contribution in [3.8, 4) is 0 Å². The van der Waals surface area contributed by atoms with Crippen molar-refractivity contribution in [3.05, 3.63) is 35.4 Å². The molecular weight excluding hydrogens is 240 g/mol. The van der Waals surface area contributed by atoms with Crippen LogP contribution in [0.3, 0.4) is 0 Å². The Bertz CT molecular complexity index is 409. The van der Waals surface area contributed by atoms with Crippen LogP contribution >= 0.6 is 0 Å². The molecule has 0 radical (unpaired) electrons. The fraction of sp³-hybridized carbons (Fsp3) is 0.533. The summed E-state index contributed by atoms with van der Waals surface area (Å²) in [5, 5.41) is 8.83. The first-order valence-electron chi connectivity index (χ1n) is 6.88. The van der Waals surface area contributed by atoms with Gasteiger partial charge >= 0.3 is 5.97 Å². The number of aryl methyl sites for hydroxylation is 1. The molecule has 1 aromatic carbocycles. The highest BCUT2D eigenvalue weighted by Crippen LogP contribution is 2.08. The standard InChI is InChI=1S/C15H22N2O2/c1-16-9-11-17(12-10-16)8-2-3-13-4-6-14(7-5-13)15(18)19/h4-7H,2-3,8-12H2,1H3,(H,18,19). The summed E-state index contributed by atoms with van der Waals surface area (Å²) in [5.74, 6) is -0.857. The van der Waals surface area contributed by atoms with Gasteiger partial charge in [-0.25, -0.2) is 4.79 Å². The number of benzene rings is 1. The zero-order valence-corrected chi connectivity index (χ0v) is 11.5. The number of aromatic carboxylic acids is 1. The molecule has 0 aromatic heterocycles. The average Bonchev–Trinajstić information content (AvgIpc) is 2.41. The largest absolute Gasteiger partial charge is 0.478 e. The van der Waals surface area contributed by atoms with Crippen molar-refractivity contribution in [1.29, 1.82) is 0 Å². The zero-order chi connectivity index (χ0) is 13.7. The first-order valence-corrected chi connectivity index (χ1v) is 6.88. The van der Waals surface area contributed by atoms with E-state index >= 15 is 0 Å². The van der Waals surface area contributed by atoms with Gasteiger partial charge in [-0.3, -0.25) is 0 Å². The van der Waals surface area contributed by atoms with Crippen LogP contribution < -0.4 is 0 Å². The molecule has 19 heavy (non-hydrogen) atoms. The summed E-state index contributed by atoms with van der Waals surface area (Å²) in [6.45, 7) is 5.78. The van der Waals surface area contributed by atoms with Crippen LogP contribution in [0, 0.1) is 0 Å². The van der Waals surface area contributed by atoms with Gasteiger partial charge in [0.1, 0.15) is 0 Å². The molecule has 1 fully saturated rings. The maximum atomic E-state index is 10.7. The molecule has 2 rings (SSSR count). The fourth-order valence-corrected chi connectivity index (χ4v) is 2.39. The van der Waals surface area contributed by atoms with Crippen molar-refractivity contribution in [2.45, 2.75) is 12.8 Å². The van der Waals surface area contributed by atoms with Gasteiger partial charge in [0.15, 0.2) is 0 Å². The van der Waals surface area contributed by atoms with E-state index in [1.54, 1.807) is 12.1 Å². The third-order valence-electron chi connectivity index (χ3n) is 3.74. The van der Waals surface area contributed by atoms with Crippen molar-refractivity contribution < 1.29 is 9.90 Å². The molecule has 0 aliphatic carbocycles. The summed E-state index contributed by atoms with van der Waals surface area (Å²) >= 11 is 0. The summed E-state index contributed by atoms with van der Waals surface area (Å²) < 4.78 is 0. The van der Waals surface area contributed by atoms with Gasteiger partial charge < -0.3 is 14.9 Å². The Morgan fingerprint density at radius 2 is 1.79 bits per heavy atom. The molecule has 104 valence electrons. The first kappa shape index (κ1) is 14.0. The maximum absolute atomic E-state index is 10.7. The molecule has 1 aromatic rings. The molecule has 1 N–H and O–H groups in total. The number of hydrogen-bond donors (Lipinski definition) is 1. The van der Waals surface area contributed by atoms with Crippen LogP contribution in [-0.2, 0) is 6.42 Å². The van der Waals surface area contributed by atoms with Crippen LogP contribution in [0.5, 0.6) is 0 Å². The number of carboxylic acid groups (broad SMARTS) is 1. The lowest BCUT2D eigenvalue weighted by atomic mass is 10.1. The summed E-state index contributed by atoms with van der Waals surface area (Å²) in [6.07, 6.45) is 2.16. The maximum Gasteiger partial charge on any atom is 0.335 e. The van der Waals surface area contributed by atoms with Gasteiger partial charge in [0.05, 0.1) is 5.56 Å². The van der Waals surface area contributed by atoms with Crippen LogP contribution in [0.1, 0.15) is 22.3 Å². The van der Waals surface area contributed by atoms with Gasteiger partial charge in [0.2, 0.25) is 0 Å². The predicted octanol–water partition coefficient (Wildman–Crippen LogP) is 1.56. The Morgan fingerprint density at radius 3 is 2.37 bits per heavy atom. The molecule has 0 spiro atoms. The second kappa shape index (κ2) is 6.68. The number of carboxylic acids is 1. The number of rotatable bonds is 5. The zero-order valence-electron chi connectivity index (χ0n) is 11.5. The van der Waals surface area contributed by atoms with Gasteiger partial charge in [-0.1, -0.05) is 12.1 Å². The van der Waals surface area contributed by atoms with E-state index in [1.807, 2.05) is 12.1 Å². The lowest BCUT2D eigenvalue weighted by Crippen LogP contribution is -2.44. The van der Waals surface area contributed by atoms with E-state index in [2.05, 4.69) is 16.8 Å².